The van der Waals surface area contributed by atoms with Crippen LogP contribution in [0.5, 0.6) is 0 Å². The molecule has 0 saturated heterocycles. The van der Waals surface area contributed by atoms with E-state index >= 15 is 0 Å². The summed E-state index contributed by atoms with van der Waals surface area (Å²) in [6, 6.07) is 9.76. The van der Waals surface area contributed by atoms with Crippen molar-refractivity contribution in [1.29, 1.82) is 0 Å². The maximum Gasteiger partial charge on any atom is 0.227 e. The smallest absolute Gasteiger partial charge is 0.227 e. The molecule has 1 aliphatic carbocycles. The number of hydrogen-bond donors (Lipinski definition) is 1. The normalized spacial score (nSPS) is 17.1. The fourth-order valence-corrected chi connectivity index (χ4v) is 3.49. The molecule has 3 rings (SSSR count). The van der Waals surface area contributed by atoms with Gasteiger partial charge in [0.1, 0.15) is 5.82 Å². The Morgan fingerprint density at radius 2 is 1.91 bits per heavy atom. The number of rotatable bonds is 4. The first-order valence-electron chi connectivity index (χ1n) is 8.05. The van der Waals surface area contributed by atoms with Crippen molar-refractivity contribution in [2.45, 2.75) is 51.0 Å². The van der Waals surface area contributed by atoms with E-state index in [9.17, 15) is 4.79 Å². The van der Waals surface area contributed by atoms with E-state index in [4.69, 9.17) is 0 Å². The van der Waals surface area contributed by atoms with Crippen LogP contribution < -0.4 is 5.32 Å². The molecule has 1 aliphatic rings. The molecule has 2 heterocycles. The van der Waals surface area contributed by atoms with E-state index in [2.05, 4.69) is 27.3 Å². The number of anilines is 1. The summed E-state index contributed by atoms with van der Waals surface area (Å²) in [5.74, 6) is 0.692. The van der Waals surface area contributed by atoms with Crippen LogP contribution in [0.4, 0.5) is 5.82 Å². The van der Waals surface area contributed by atoms with E-state index in [-0.39, 0.29) is 11.4 Å². The number of aromatic nitrogens is 2. The molecular formula is C18H23N3O. The van der Waals surface area contributed by atoms with E-state index in [0.29, 0.717) is 12.2 Å². The third-order valence-corrected chi connectivity index (χ3v) is 4.58. The van der Waals surface area contributed by atoms with Gasteiger partial charge < -0.3 is 9.88 Å². The lowest BCUT2D eigenvalue weighted by Crippen LogP contribution is -2.38. The fraction of sp³-hybridized carbons (Fsp3) is 0.444. The zero-order chi connectivity index (χ0) is 15.4. The molecule has 4 nitrogen and oxygen atoms in total. The highest BCUT2D eigenvalue weighted by Crippen LogP contribution is 2.38. The summed E-state index contributed by atoms with van der Waals surface area (Å²) in [5.41, 5.74) is 0.839. The lowest BCUT2D eigenvalue weighted by atomic mass is 9.78. The molecular weight excluding hydrogens is 274 g/mol. The lowest BCUT2D eigenvalue weighted by Gasteiger charge is -2.38. The monoisotopic (exact) mass is 297 g/mol. The first-order valence-corrected chi connectivity index (χ1v) is 8.05. The van der Waals surface area contributed by atoms with Crippen LogP contribution in [0.25, 0.3) is 0 Å². The second-order valence-corrected chi connectivity index (χ2v) is 6.26. The Kier molecular flexibility index (Phi) is 4.27. The van der Waals surface area contributed by atoms with Gasteiger partial charge in [0.15, 0.2) is 0 Å². The average molecular weight is 297 g/mol. The van der Waals surface area contributed by atoms with E-state index in [1.165, 1.54) is 19.3 Å². The Morgan fingerprint density at radius 3 is 2.59 bits per heavy atom. The van der Waals surface area contributed by atoms with Crippen molar-refractivity contribution in [1.82, 2.24) is 9.55 Å². The van der Waals surface area contributed by atoms with Crippen molar-refractivity contribution < 1.29 is 4.79 Å². The summed E-state index contributed by atoms with van der Waals surface area (Å²) >= 11 is 0. The molecule has 0 atom stereocenters. The van der Waals surface area contributed by atoms with Crippen LogP contribution in [-0.2, 0) is 10.3 Å². The topological polar surface area (TPSA) is 46.9 Å². The highest BCUT2D eigenvalue weighted by molar-refractivity contribution is 5.90. The van der Waals surface area contributed by atoms with Gasteiger partial charge in [-0.3, -0.25) is 4.79 Å². The minimum Gasteiger partial charge on any atom is -0.348 e. The minimum absolute atomic E-state index is 0.0497. The predicted octanol–water partition coefficient (Wildman–Crippen LogP) is 3.88. The van der Waals surface area contributed by atoms with Gasteiger partial charge >= 0.3 is 0 Å². The van der Waals surface area contributed by atoms with Crippen molar-refractivity contribution in [2.24, 2.45) is 0 Å². The molecule has 0 aromatic carbocycles. The minimum atomic E-state index is -0.0738. The molecule has 0 unspecified atom stereocenters. The van der Waals surface area contributed by atoms with Crippen LogP contribution in [0.2, 0.25) is 0 Å². The molecule has 1 N–H and O–H groups in total. The van der Waals surface area contributed by atoms with Crippen molar-refractivity contribution in [3.8, 4) is 0 Å². The van der Waals surface area contributed by atoms with Gasteiger partial charge in [0.2, 0.25) is 5.91 Å². The van der Waals surface area contributed by atoms with E-state index in [1.54, 1.807) is 0 Å². The lowest BCUT2D eigenvalue weighted by molar-refractivity contribution is -0.118. The molecule has 22 heavy (non-hydrogen) atoms. The molecule has 116 valence electrons. The number of carbonyl (C=O) groups excluding carboxylic acids is 1. The Labute approximate surface area is 131 Å². The maximum absolute atomic E-state index is 12.5. The standard InChI is InChI=1S/C18H23N3O/c1-15-8-7-9-16(19-15)20-17(22)14-18(10-3-2-4-11-18)21-12-5-6-13-21/h5-9,12-13H,2-4,10-11,14H2,1H3,(H,19,20,22). The summed E-state index contributed by atoms with van der Waals surface area (Å²) in [5, 5.41) is 2.95. The van der Waals surface area contributed by atoms with Crippen molar-refractivity contribution in [3.05, 3.63) is 48.4 Å². The van der Waals surface area contributed by atoms with Crippen LogP contribution >= 0.6 is 0 Å². The molecule has 1 saturated carbocycles. The van der Waals surface area contributed by atoms with E-state index in [1.807, 2.05) is 37.3 Å². The SMILES string of the molecule is Cc1cccc(NC(=O)CC2(n3cccc3)CCCCC2)n1. The molecule has 1 amide bonds. The fourth-order valence-electron chi connectivity index (χ4n) is 3.49. The summed E-state index contributed by atoms with van der Waals surface area (Å²) in [6.07, 6.45) is 10.5. The highest BCUT2D eigenvalue weighted by atomic mass is 16.1. The molecule has 2 aromatic heterocycles. The van der Waals surface area contributed by atoms with Gasteiger partial charge in [0.25, 0.3) is 0 Å². The van der Waals surface area contributed by atoms with Crippen LogP contribution in [0.15, 0.2) is 42.7 Å². The number of hydrogen-bond acceptors (Lipinski definition) is 2. The number of aryl methyl sites for hydroxylation is 1. The predicted molar refractivity (Wildman–Crippen MR) is 87.7 cm³/mol. The van der Waals surface area contributed by atoms with Crippen LogP contribution in [0, 0.1) is 6.92 Å². The Morgan fingerprint density at radius 1 is 1.18 bits per heavy atom. The third-order valence-electron chi connectivity index (χ3n) is 4.58. The third kappa shape index (κ3) is 3.21. The summed E-state index contributed by atoms with van der Waals surface area (Å²) in [4.78, 5) is 16.9. The molecule has 0 spiro atoms. The van der Waals surface area contributed by atoms with Crippen molar-refractivity contribution in [2.75, 3.05) is 5.32 Å². The van der Waals surface area contributed by atoms with Gasteiger partial charge in [-0.1, -0.05) is 25.3 Å². The van der Waals surface area contributed by atoms with Gasteiger partial charge in [-0.2, -0.15) is 0 Å². The second-order valence-electron chi connectivity index (χ2n) is 6.26. The Bertz CT molecular complexity index is 628. The molecule has 4 heteroatoms. The van der Waals surface area contributed by atoms with Crippen molar-refractivity contribution >= 4 is 11.7 Å². The van der Waals surface area contributed by atoms with E-state index < -0.39 is 0 Å². The Balaban J connectivity index is 1.74. The number of pyridine rings is 1. The Hall–Kier alpha value is -2.10. The van der Waals surface area contributed by atoms with E-state index in [0.717, 1.165) is 18.5 Å². The number of nitrogens with zero attached hydrogens (tertiary/aromatic N) is 2. The molecule has 0 bridgehead atoms. The first kappa shape index (κ1) is 14.8. The average Bonchev–Trinajstić information content (AvgIpc) is 3.03. The zero-order valence-corrected chi connectivity index (χ0v) is 13.1. The summed E-state index contributed by atoms with van der Waals surface area (Å²) in [7, 11) is 0. The quantitative estimate of drug-likeness (QED) is 0.931. The van der Waals surface area contributed by atoms with Gasteiger partial charge in [0, 0.05) is 18.1 Å². The summed E-state index contributed by atoms with van der Waals surface area (Å²) < 4.78 is 2.23. The highest BCUT2D eigenvalue weighted by Gasteiger charge is 2.35. The molecule has 0 radical (unpaired) electrons. The van der Waals surface area contributed by atoms with Gasteiger partial charge in [0.05, 0.1) is 12.0 Å². The molecule has 0 aliphatic heterocycles. The maximum atomic E-state index is 12.5. The zero-order valence-electron chi connectivity index (χ0n) is 13.1. The van der Waals surface area contributed by atoms with Crippen LogP contribution in [0.3, 0.4) is 0 Å². The largest absolute Gasteiger partial charge is 0.348 e. The number of nitrogens with one attached hydrogen (secondary N) is 1. The molecule has 1 fully saturated rings. The second kappa shape index (κ2) is 6.34. The van der Waals surface area contributed by atoms with Crippen molar-refractivity contribution in [3.63, 3.8) is 0 Å². The van der Waals surface area contributed by atoms with Crippen LogP contribution in [-0.4, -0.2) is 15.5 Å². The van der Waals surface area contributed by atoms with Gasteiger partial charge in [-0.25, -0.2) is 4.98 Å². The van der Waals surface area contributed by atoms with Crippen LogP contribution in [0.1, 0.15) is 44.2 Å². The first-order chi connectivity index (χ1) is 10.7. The van der Waals surface area contributed by atoms with Gasteiger partial charge in [-0.05, 0) is 44.0 Å². The molecule has 2 aromatic rings. The number of amides is 1. The number of carbonyl (C=O) groups is 1. The van der Waals surface area contributed by atoms with Gasteiger partial charge in [-0.15, -0.1) is 0 Å². The summed E-state index contributed by atoms with van der Waals surface area (Å²) in [6.45, 7) is 1.93.